The molecule has 28 heavy (non-hydrogen) atoms. The van der Waals surface area contributed by atoms with Crippen molar-refractivity contribution in [3.8, 4) is 0 Å². The largest absolute Gasteiger partial charge is 0.460 e. The van der Waals surface area contributed by atoms with E-state index in [4.69, 9.17) is 9.15 Å². The van der Waals surface area contributed by atoms with Crippen molar-refractivity contribution < 1.29 is 13.9 Å². The molecule has 0 saturated heterocycles. The lowest BCUT2D eigenvalue weighted by Crippen LogP contribution is -2.10. The molecule has 4 rings (SSSR count). The minimum Gasteiger partial charge on any atom is -0.460 e. The molecule has 8 heteroatoms. The lowest BCUT2D eigenvalue weighted by molar-refractivity contribution is -0.141. The van der Waals surface area contributed by atoms with E-state index in [9.17, 15) is 9.59 Å². The fraction of sp³-hybridized carbons (Fsp3) is 0.200. The Kier molecular flexibility index (Phi) is 5.15. The minimum atomic E-state index is -0.456. The molecule has 0 radical (unpaired) electrons. The Hall–Kier alpha value is -2.71. The summed E-state index contributed by atoms with van der Waals surface area (Å²) in [4.78, 5) is 33.4. The second-order valence-electron chi connectivity index (χ2n) is 6.24. The standard InChI is InChI=1S/C20H16N2O4S2/c1-11-3-4-14-13(7-16(23)26-18(14)12(11)2)8-25-17(24)9-28-20-15-5-6-27-19(15)21-10-22-20/h3-7,10H,8-9H2,1-2H3. The monoisotopic (exact) mass is 412 g/mol. The first-order valence-electron chi connectivity index (χ1n) is 8.52. The maximum Gasteiger partial charge on any atom is 0.336 e. The Balaban J connectivity index is 1.47. The predicted molar refractivity (Wildman–Crippen MR) is 110 cm³/mol. The Bertz CT molecular complexity index is 1250. The van der Waals surface area contributed by atoms with Crippen molar-refractivity contribution in [1.82, 2.24) is 9.97 Å². The van der Waals surface area contributed by atoms with Crippen LogP contribution in [0.25, 0.3) is 21.2 Å². The van der Waals surface area contributed by atoms with Gasteiger partial charge in [0, 0.05) is 22.4 Å². The van der Waals surface area contributed by atoms with Crippen LogP contribution in [0, 0.1) is 13.8 Å². The van der Waals surface area contributed by atoms with Crippen molar-refractivity contribution in [3.63, 3.8) is 0 Å². The summed E-state index contributed by atoms with van der Waals surface area (Å²) < 4.78 is 10.7. The first-order valence-corrected chi connectivity index (χ1v) is 10.4. The van der Waals surface area contributed by atoms with E-state index in [-0.39, 0.29) is 18.3 Å². The second-order valence-corrected chi connectivity index (χ2v) is 8.10. The number of benzene rings is 1. The van der Waals surface area contributed by atoms with Crippen LogP contribution in [0.2, 0.25) is 0 Å². The van der Waals surface area contributed by atoms with E-state index in [1.54, 1.807) is 0 Å². The Labute approximate surface area is 168 Å². The van der Waals surface area contributed by atoms with Crippen LogP contribution in [-0.4, -0.2) is 21.7 Å². The Morgan fingerprint density at radius 3 is 2.93 bits per heavy atom. The van der Waals surface area contributed by atoms with Gasteiger partial charge in [0.15, 0.2) is 0 Å². The van der Waals surface area contributed by atoms with Gasteiger partial charge >= 0.3 is 11.6 Å². The molecule has 0 saturated carbocycles. The van der Waals surface area contributed by atoms with Crippen LogP contribution in [0.5, 0.6) is 0 Å². The van der Waals surface area contributed by atoms with Crippen LogP contribution in [0.3, 0.4) is 0 Å². The highest BCUT2D eigenvalue weighted by Gasteiger charge is 2.13. The molecular weight excluding hydrogens is 396 g/mol. The highest BCUT2D eigenvalue weighted by molar-refractivity contribution is 8.00. The highest BCUT2D eigenvalue weighted by atomic mass is 32.2. The number of ether oxygens (including phenoxy) is 1. The van der Waals surface area contributed by atoms with Gasteiger partial charge in [0.2, 0.25) is 0 Å². The molecule has 0 atom stereocenters. The molecule has 6 nitrogen and oxygen atoms in total. The smallest absolute Gasteiger partial charge is 0.336 e. The number of thiophene rings is 1. The van der Waals surface area contributed by atoms with Crippen LogP contribution in [0.1, 0.15) is 16.7 Å². The van der Waals surface area contributed by atoms with E-state index in [1.807, 2.05) is 37.4 Å². The van der Waals surface area contributed by atoms with Gasteiger partial charge in [-0.2, -0.15) is 0 Å². The molecule has 3 heterocycles. The van der Waals surface area contributed by atoms with E-state index in [1.165, 1.54) is 35.5 Å². The average Bonchev–Trinajstić information content (AvgIpc) is 3.17. The minimum absolute atomic E-state index is 0.0155. The quantitative estimate of drug-likeness (QED) is 0.210. The fourth-order valence-electron chi connectivity index (χ4n) is 2.85. The number of rotatable bonds is 5. The summed E-state index contributed by atoms with van der Waals surface area (Å²) in [6.45, 7) is 3.87. The van der Waals surface area contributed by atoms with Gasteiger partial charge in [-0.15, -0.1) is 11.3 Å². The lowest BCUT2D eigenvalue weighted by atomic mass is 10.0. The lowest BCUT2D eigenvalue weighted by Gasteiger charge is -2.09. The van der Waals surface area contributed by atoms with Gasteiger partial charge in [0.25, 0.3) is 0 Å². The number of hydrogen-bond donors (Lipinski definition) is 0. The van der Waals surface area contributed by atoms with Crippen LogP contribution in [-0.2, 0) is 16.1 Å². The third-order valence-corrected chi connectivity index (χ3v) is 6.26. The van der Waals surface area contributed by atoms with Crippen LogP contribution in [0.4, 0.5) is 0 Å². The van der Waals surface area contributed by atoms with Crippen molar-refractivity contribution in [2.45, 2.75) is 25.5 Å². The summed E-state index contributed by atoms with van der Waals surface area (Å²) in [5.41, 5.74) is 2.65. The SMILES string of the molecule is Cc1ccc2c(COC(=O)CSc3ncnc4sccc34)cc(=O)oc2c1C. The summed E-state index contributed by atoms with van der Waals surface area (Å²) in [7, 11) is 0. The molecule has 0 fully saturated rings. The fourth-order valence-corrected chi connectivity index (χ4v) is 4.43. The number of aromatic nitrogens is 2. The van der Waals surface area contributed by atoms with Gasteiger partial charge in [-0.25, -0.2) is 14.8 Å². The molecule has 0 spiro atoms. The molecule has 1 aromatic carbocycles. The molecule has 0 N–H and O–H groups in total. The molecular formula is C20H16N2O4S2. The highest BCUT2D eigenvalue weighted by Crippen LogP contribution is 2.28. The summed E-state index contributed by atoms with van der Waals surface area (Å²) in [6.07, 6.45) is 1.49. The maximum absolute atomic E-state index is 12.2. The van der Waals surface area contributed by atoms with Gasteiger partial charge < -0.3 is 9.15 Å². The Morgan fingerprint density at radius 2 is 2.07 bits per heavy atom. The molecule has 0 unspecified atom stereocenters. The Morgan fingerprint density at radius 1 is 1.21 bits per heavy atom. The van der Waals surface area contributed by atoms with Crippen molar-refractivity contribution >= 4 is 50.3 Å². The number of aryl methyl sites for hydroxylation is 2. The van der Waals surface area contributed by atoms with Gasteiger partial charge in [-0.1, -0.05) is 23.9 Å². The zero-order valence-corrected chi connectivity index (χ0v) is 16.9. The average molecular weight is 412 g/mol. The molecule has 0 aliphatic heterocycles. The number of nitrogens with zero attached hydrogens (tertiary/aromatic N) is 2. The third-order valence-electron chi connectivity index (χ3n) is 4.46. The maximum atomic E-state index is 12.2. The first-order chi connectivity index (χ1) is 13.5. The summed E-state index contributed by atoms with van der Waals surface area (Å²) in [6, 6.07) is 7.15. The first kappa shape index (κ1) is 18.6. The predicted octanol–water partition coefficient (Wildman–Crippen LogP) is 4.25. The van der Waals surface area contributed by atoms with E-state index in [2.05, 4.69) is 9.97 Å². The molecule has 0 aliphatic rings. The number of hydrogen-bond acceptors (Lipinski definition) is 8. The molecule has 0 amide bonds. The molecule has 142 valence electrons. The van der Waals surface area contributed by atoms with Gasteiger partial charge in [-0.05, 0) is 36.4 Å². The third kappa shape index (κ3) is 3.65. The van der Waals surface area contributed by atoms with E-state index < -0.39 is 5.63 Å². The number of esters is 1. The molecule has 0 aliphatic carbocycles. The van der Waals surface area contributed by atoms with Crippen LogP contribution >= 0.6 is 23.1 Å². The summed E-state index contributed by atoms with van der Waals surface area (Å²) in [5.74, 6) is -0.253. The van der Waals surface area contributed by atoms with Crippen LogP contribution < -0.4 is 5.63 Å². The zero-order chi connectivity index (χ0) is 19.7. The summed E-state index contributed by atoms with van der Waals surface area (Å²) >= 11 is 2.84. The number of fused-ring (bicyclic) bond motifs is 2. The number of thioether (sulfide) groups is 1. The van der Waals surface area contributed by atoms with Gasteiger partial charge in [0.1, 0.15) is 28.4 Å². The summed E-state index contributed by atoms with van der Waals surface area (Å²) in [5, 5.41) is 4.40. The van der Waals surface area contributed by atoms with E-state index in [0.29, 0.717) is 11.1 Å². The number of carbonyl (C=O) groups is 1. The number of carbonyl (C=O) groups excluding carboxylic acids is 1. The topological polar surface area (TPSA) is 82.3 Å². The van der Waals surface area contributed by atoms with E-state index >= 15 is 0 Å². The normalized spacial score (nSPS) is 11.2. The zero-order valence-electron chi connectivity index (χ0n) is 15.2. The van der Waals surface area contributed by atoms with Crippen molar-refractivity contribution in [2.75, 3.05) is 5.75 Å². The van der Waals surface area contributed by atoms with Gasteiger partial charge in [0.05, 0.1) is 5.75 Å². The van der Waals surface area contributed by atoms with E-state index in [0.717, 1.165) is 31.8 Å². The van der Waals surface area contributed by atoms with Crippen LogP contribution in [0.15, 0.2) is 50.2 Å². The second kappa shape index (κ2) is 7.73. The van der Waals surface area contributed by atoms with Crippen molar-refractivity contribution in [1.29, 1.82) is 0 Å². The molecule has 0 bridgehead atoms. The molecule has 4 aromatic rings. The van der Waals surface area contributed by atoms with Crippen molar-refractivity contribution in [3.05, 3.63) is 63.1 Å². The van der Waals surface area contributed by atoms with Gasteiger partial charge in [-0.3, -0.25) is 4.79 Å². The molecule has 3 aromatic heterocycles. The van der Waals surface area contributed by atoms with Crippen molar-refractivity contribution in [2.24, 2.45) is 0 Å².